The zero-order valence-corrected chi connectivity index (χ0v) is 15.9. The van der Waals surface area contributed by atoms with Gasteiger partial charge in [-0.2, -0.15) is 5.26 Å². The van der Waals surface area contributed by atoms with E-state index in [-0.39, 0.29) is 0 Å². The summed E-state index contributed by atoms with van der Waals surface area (Å²) in [4.78, 5) is 30.0. The molecule has 0 fully saturated rings. The fourth-order valence-electron chi connectivity index (χ4n) is 2.43. The average molecular weight is 371 g/mol. The number of nitriles is 1. The van der Waals surface area contributed by atoms with Crippen molar-refractivity contribution in [2.24, 2.45) is 5.92 Å². The molecule has 1 heterocycles. The summed E-state index contributed by atoms with van der Waals surface area (Å²) < 4.78 is 5.46. The van der Waals surface area contributed by atoms with Gasteiger partial charge >= 0.3 is 0 Å². The molecule has 0 aliphatic carbocycles. The fourth-order valence-corrected chi connectivity index (χ4v) is 3.56. The zero-order chi connectivity index (χ0) is 19.1. The molecule has 0 saturated carbocycles. The molecule has 0 radical (unpaired) electrons. The van der Waals surface area contributed by atoms with Crippen LogP contribution < -0.4 is 10.1 Å². The molecular weight excluding hydrogens is 350 g/mol. The van der Waals surface area contributed by atoms with Gasteiger partial charge < -0.3 is 10.1 Å². The number of ketones is 1. The van der Waals surface area contributed by atoms with Crippen LogP contribution in [0.4, 0.5) is 5.69 Å². The Labute approximate surface area is 156 Å². The second kappa shape index (κ2) is 9.11. The predicted molar refractivity (Wildman–Crippen MR) is 101 cm³/mol. The molecule has 0 bridgehead atoms. The molecule has 1 amide bonds. The third-order valence-electron chi connectivity index (χ3n) is 3.63. The minimum atomic E-state index is -1.43. The maximum atomic E-state index is 12.7. The monoisotopic (exact) mass is 371 g/mol. The van der Waals surface area contributed by atoms with Crippen molar-refractivity contribution in [3.63, 3.8) is 0 Å². The number of carbonyl (C=O) groups is 2. The van der Waals surface area contributed by atoms with Gasteiger partial charge in [-0.25, -0.2) is 4.98 Å². The van der Waals surface area contributed by atoms with Gasteiger partial charge in [0.2, 0.25) is 11.7 Å². The van der Waals surface area contributed by atoms with E-state index in [0.29, 0.717) is 28.6 Å². The number of anilines is 1. The number of rotatable bonds is 8. The van der Waals surface area contributed by atoms with Crippen LogP contribution in [0.25, 0.3) is 0 Å². The SMILES string of the molecule is CCCc1nc(C)c(C(=O)C(C#N)C(=O)Nc2ccccc2OCC)s1. The van der Waals surface area contributed by atoms with Crippen molar-refractivity contribution < 1.29 is 14.3 Å². The van der Waals surface area contributed by atoms with E-state index < -0.39 is 17.6 Å². The highest BCUT2D eigenvalue weighted by molar-refractivity contribution is 7.13. The number of aryl methyl sites for hydroxylation is 2. The number of nitrogens with zero attached hydrogens (tertiary/aromatic N) is 2. The molecule has 1 N–H and O–H groups in total. The van der Waals surface area contributed by atoms with Gasteiger partial charge in [0.05, 0.1) is 33.9 Å². The molecule has 1 aromatic heterocycles. The van der Waals surface area contributed by atoms with Crippen molar-refractivity contribution in [1.29, 1.82) is 5.26 Å². The van der Waals surface area contributed by atoms with Crippen molar-refractivity contribution >= 4 is 28.7 Å². The first-order chi connectivity index (χ1) is 12.5. The smallest absolute Gasteiger partial charge is 0.249 e. The quantitative estimate of drug-likeness (QED) is 0.563. The largest absolute Gasteiger partial charge is 0.492 e. The topological polar surface area (TPSA) is 92.1 Å². The van der Waals surface area contributed by atoms with Crippen molar-refractivity contribution in [2.45, 2.75) is 33.6 Å². The summed E-state index contributed by atoms with van der Waals surface area (Å²) in [6.07, 6.45) is 1.68. The minimum absolute atomic E-state index is 0.369. The van der Waals surface area contributed by atoms with Gasteiger partial charge in [-0.3, -0.25) is 9.59 Å². The Morgan fingerprint density at radius 2 is 2.08 bits per heavy atom. The van der Waals surface area contributed by atoms with Crippen LogP contribution in [0.3, 0.4) is 0 Å². The second-order valence-electron chi connectivity index (χ2n) is 5.62. The van der Waals surface area contributed by atoms with Crippen LogP contribution in [-0.2, 0) is 11.2 Å². The molecule has 6 nitrogen and oxygen atoms in total. The molecule has 7 heteroatoms. The molecule has 2 rings (SSSR count). The molecular formula is C19H21N3O3S. The highest BCUT2D eigenvalue weighted by atomic mass is 32.1. The summed E-state index contributed by atoms with van der Waals surface area (Å²) in [5.41, 5.74) is 0.992. The Hall–Kier alpha value is -2.72. The van der Waals surface area contributed by atoms with Crippen LogP contribution in [-0.4, -0.2) is 23.3 Å². The number of ether oxygens (including phenoxy) is 1. The first-order valence-corrected chi connectivity index (χ1v) is 9.26. The predicted octanol–water partition coefficient (Wildman–Crippen LogP) is 3.76. The average Bonchev–Trinajstić information content (AvgIpc) is 2.98. The Kier molecular flexibility index (Phi) is 6.87. The molecule has 0 saturated heterocycles. The summed E-state index contributed by atoms with van der Waals surface area (Å²) in [5, 5.41) is 12.9. The maximum Gasteiger partial charge on any atom is 0.249 e. The lowest BCUT2D eigenvalue weighted by Crippen LogP contribution is -2.28. The summed E-state index contributed by atoms with van der Waals surface area (Å²) in [7, 11) is 0. The van der Waals surface area contributed by atoms with Gasteiger partial charge in [-0.05, 0) is 38.8 Å². The van der Waals surface area contributed by atoms with E-state index in [1.807, 2.05) is 19.9 Å². The molecule has 1 unspecified atom stereocenters. The van der Waals surface area contributed by atoms with E-state index in [1.165, 1.54) is 11.3 Å². The Morgan fingerprint density at radius 1 is 1.35 bits per heavy atom. The van der Waals surface area contributed by atoms with Crippen molar-refractivity contribution in [3.05, 3.63) is 39.8 Å². The lowest BCUT2D eigenvalue weighted by molar-refractivity contribution is -0.117. The minimum Gasteiger partial charge on any atom is -0.492 e. The molecule has 0 aliphatic rings. The number of para-hydroxylation sites is 2. The maximum absolute atomic E-state index is 12.7. The number of thiazole rings is 1. The third kappa shape index (κ3) is 4.46. The number of hydrogen-bond donors (Lipinski definition) is 1. The lowest BCUT2D eigenvalue weighted by Gasteiger charge is -2.13. The second-order valence-corrected chi connectivity index (χ2v) is 6.70. The Bertz CT molecular complexity index is 839. The first-order valence-electron chi connectivity index (χ1n) is 8.44. The van der Waals surface area contributed by atoms with Gasteiger partial charge in [0.1, 0.15) is 5.75 Å². The van der Waals surface area contributed by atoms with E-state index in [2.05, 4.69) is 10.3 Å². The summed E-state index contributed by atoms with van der Waals surface area (Å²) in [5.74, 6) is -2.13. The van der Waals surface area contributed by atoms with Gasteiger partial charge in [0, 0.05) is 0 Å². The number of carbonyl (C=O) groups excluding carboxylic acids is 2. The van der Waals surface area contributed by atoms with E-state index in [4.69, 9.17) is 4.74 Å². The molecule has 136 valence electrons. The first kappa shape index (κ1) is 19.6. The molecule has 2 aromatic rings. The summed E-state index contributed by atoms with van der Waals surface area (Å²) in [6.45, 7) is 6.02. The number of nitrogens with one attached hydrogen (secondary N) is 1. The van der Waals surface area contributed by atoms with Gasteiger partial charge in [-0.1, -0.05) is 19.1 Å². The van der Waals surface area contributed by atoms with E-state index >= 15 is 0 Å². The molecule has 26 heavy (non-hydrogen) atoms. The fraction of sp³-hybridized carbons (Fsp3) is 0.368. The normalized spacial score (nSPS) is 11.5. The van der Waals surface area contributed by atoms with Gasteiger partial charge in [-0.15, -0.1) is 11.3 Å². The van der Waals surface area contributed by atoms with Crippen molar-refractivity contribution in [2.75, 3.05) is 11.9 Å². The molecule has 0 aliphatic heterocycles. The molecule has 1 aromatic carbocycles. The number of Topliss-reactive ketones (excluding diaryl/α,β-unsaturated/α-hetero) is 1. The van der Waals surface area contributed by atoms with Gasteiger partial charge in [0.25, 0.3) is 0 Å². The van der Waals surface area contributed by atoms with Crippen LogP contribution in [0.2, 0.25) is 0 Å². The highest BCUT2D eigenvalue weighted by Gasteiger charge is 2.31. The van der Waals surface area contributed by atoms with Crippen LogP contribution in [0.15, 0.2) is 24.3 Å². The standard InChI is InChI=1S/C19H21N3O3S/c1-4-8-16-21-12(3)18(26-16)17(23)13(11-20)19(24)22-14-9-6-7-10-15(14)25-5-2/h6-7,9-10,13H,4-5,8H2,1-3H3,(H,22,24). The number of aromatic nitrogens is 1. The number of benzene rings is 1. The van der Waals surface area contributed by atoms with E-state index in [1.54, 1.807) is 31.2 Å². The lowest BCUT2D eigenvalue weighted by atomic mass is 10.0. The van der Waals surface area contributed by atoms with E-state index in [9.17, 15) is 14.9 Å². The third-order valence-corrected chi connectivity index (χ3v) is 4.86. The Balaban J connectivity index is 2.21. The number of hydrogen-bond acceptors (Lipinski definition) is 6. The molecule has 0 spiro atoms. The Morgan fingerprint density at radius 3 is 2.73 bits per heavy atom. The van der Waals surface area contributed by atoms with Crippen LogP contribution in [0.1, 0.15) is 40.6 Å². The van der Waals surface area contributed by atoms with Crippen LogP contribution in [0.5, 0.6) is 5.75 Å². The summed E-state index contributed by atoms with van der Waals surface area (Å²) in [6, 6.07) is 8.72. The van der Waals surface area contributed by atoms with Crippen LogP contribution >= 0.6 is 11.3 Å². The van der Waals surface area contributed by atoms with Crippen molar-refractivity contribution in [1.82, 2.24) is 4.98 Å². The molecule has 1 atom stereocenters. The van der Waals surface area contributed by atoms with Crippen molar-refractivity contribution in [3.8, 4) is 11.8 Å². The summed E-state index contributed by atoms with van der Waals surface area (Å²) >= 11 is 1.25. The zero-order valence-electron chi connectivity index (χ0n) is 15.0. The van der Waals surface area contributed by atoms with Gasteiger partial charge in [0.15, 0.2) is 5.92 Å². The van der Waals surface area contributed by atoms with Crippen LogP contribution in [0, 0.1) is 24.2 Å². The highest BCUT2D eigenvalue weighted by Crippen LogP contribution is 2.26. The number of amides is 1. The van der Waals surface area contributed by atoms with E-state index in [0.717, 1.165) is 17.8 Å².